The highest BCUT2D eigenvalue weighted by atomic mass is 32.2. The number of anilines is 1. The van der Waals surface area contributed by atoms with E-state index in [1.807, 2.05) is 6.07 Å². The van der Waals surface area contributed by atoms with E-state index in [0.717, 1.165) is 13.2 Å². The first-order valence-corrected chi connectivity index (χ1v) is 9.07. The molecular weight excluding hydrogens is 372 g/mol. The second-order valence-corrected chi connectivity index (χ2v) is 7.11. The van der Waals surface area contributed by atoms with Gasteiger partial charge in [-0.2, -0.15) is 5.26 Å². The molecule has 1 aromatic carbocycles. The number of aromatic nitrogens is 1. The van der Waals surface area contributed by atoms with Crippen molar-refractivity contribution < 1.29 is 22.7 Å². The third kappa shape index (κ3) is 4.39. The van der Waals surface area contributed by atoms with Crippen LogP contribution in [-0.2, 0) is 14.8 Å². The van der Waals surface area contributed by atoms with E-state index in [9.17, 15) is 23.3 Å². The van der Waals surface area contributed by atoms with Gasteiger partial charge in [0.2, 0.25) is 0 Å². The predicted octanol–water partition coefficient (Wildman–Crippen LogP) is 1.87. The van der Waals surface area contributed by atoms with Gasteiger partial charge in [0.1, 0.15) is 11.0 Å². The molecule has 0 aliphatic rings. The summed E-state index contributed by atoms with van der Waals surface area (Å²) < 4.78 is 31.3. The molecule has 0 aliphatic heterocycles. The van der Waals surface area contributed by atoms with Crippen molar-refractivity contribution in [2.24, 2.45) is 0 Å². The van der Waals surface area contributed by atoms with Gasteiger partial charge in [0, 0.05) is 5.69 Å². The van der Waals surface area contributed by atoms with E-state index in [4.69, 9.17) is 0 Å². The zero-order chi connectivity index (χ0) is 20.2. The van der Waals surface area contributed by atoms with Crippen LogP contribution in [0.15, 0.2) is 35.2 Å². The van der Waals surface area contributed by atoms with Crippen molar-refractivity contribution in [3.63, 3.8) is 0 Å². The third-order valence-electron chi connectivity index (χ3n) is 3.50. The molecule has 0 fully saturated rings. The highest BCUT2D eigenvalue weighted by Gasteiger charge is 2.25. The first kappa shape index (κ1) is 19.9. The molecule has 0 saturated carbocycles. The fourth-order valence-corrected chi connectivity index (χ4v) is 3.46. The number of rotatable bonds is 4. The maximum atomic E-state index is 12.5. The Kier molecular flexibility index (Phi) is 5.77. The SMILES string of the molecule is COC(=O)c1ccccc1S(=O)(=O)NC(=O)Nc1nc(C)cc(C)c1C#N. The van der Waals surface area contributed by atoms with Crippen LogP contribution in [0.25, 0.3) is 0 Å². The number of aryl methyl sites for hydroxylation is 2. The van der Waals surface area contributed by atoms with Crippen LogP contribution in [0.3, 0.4) is 0 Å². The molecule has 0 unspecified atom stereocenters. The monoisotopic (exact) mass is 388 g/mol. The number of nitrogens with one attached hydrogen (secondary N) is 2. The van der Waals surface area contributed by atoms with Crippen LogP contribution in [0.1, 0.15) is 27.2 Å². The largest absolute Gasteiger partial charge is 0.465 e. The molecule has 0 aliphatic carbocycles. The molecule has 140 valence electrons. The molecule has 2 N–H and O–H groups in total. The Bertz CT molecular complexity index is 1060. The molecule has 1 aromatic heterocycles. The van der Waals surface area contributed by atoms with Crippen LogP contribution < -0.4 is 10.0 Å². The molecule has 10 heteroatoms. The summed E-state index contributed by atoms with van der Waals surface area (Å²) in [6.07, 6.45) is 0. The molecule has 0 saturated heterocycles. The van der Waals surface area contributed by atoms with Gasteiger partial charge in [0.05, 0.1) is 18.2 Å². The van der Waals surface area contributed by atoms with Crippen molar-refractivity contribution in [3.8, 4) is 6.07 Å². The number of sulfonamides is 1. The number of nitriles is 1. The lowest BCUT2D eigenvalue weighted by molar-refractivity contribution is 0.0596. The lowest BCUT2D eigenvalue weighted by Gasteiger charge is -2.12. The van der Waals surface area contributed by atoms with Crippen LogP contribution in [0.4, 0.5) is 10.6 Å². The predicted molar refractivity (Wildman–Crippen MR) is 95.5 cm³/mol. The Morgan fingerprint density at radius 3 is 2.52 bits per heavy atom. The number of benzene rings is 1. The zero-order valence-corrected chi connectivity index (χ0v) is 15.5. The van der Waals surface area contributed by atoms with Crippen molar-refractivity contribution in [1.82, 2.24) is 9.71 Å². The number of carbonyl (C=O) groups excluding carboxylic acids is 2. The summed E-state index contributed by atoms with van der Waals surface area (Å²) in [5.74, 6) is -0.928. The van der Waals surface area contributed by atoms with Gasteiger partial charge in [-0.3, -0.25) is 5.32 Å². The number of carbonyl (C=O) groups is 2. The molecule has 1 heterocycles. The fraction of sp³-hybridized carbons (Fsp3) is 0.176. The second kappa shape index (κ2) is 7.84. The fourth-order valence-electron chi connectivity index (χ4n) is 2.36. The maximum absolute atomic E-state index is 12.5. The third-order valence-corrected chi connectivity index (χ3v) is 4.89. The van der Waals surface area contributed by atoms with Crippen molar-refractivity contribution in [1.29, 1.82) is 5.26 Å². The number of ether oxygens (including phenoxy) is 1. The molecule has 0 atom stereocenters. The lowest BCUT2D eigenvalue weighted by atomic mass is 10.1. The lowest BCUT2D eigenvalue weighted by Crippen LogP contribution is -2.35. The summed E-state index contributed by atoms with van der Waals surface area (Å²) in [6.45, 7) is 3.33. The van der Waals surface area contributed by atoms with Crippen molar-refractivity contribution in [3.05, 3.63) is 52.7 Å². The first-order chi connectivity index (χ1) is 12.7. The maximum Gasteiger partial charge on any atom is 0.339 e. The van der Waals surface area contributed by atoms with Gasteiger partial charge in [-0.1, -0.05) is 12.1 Å². The summed E-state index contributed by atoms with van der Waals surface area (Å²) in [5.41, 5.74) is 1.02. The van der Waals surface area contributed by atoms with Crippen molar-refractivity contribution in [2.75, 3.05) is 12.4 Å². The number of nitrogens with zero attached hydrogens (tertiary/aromatic N) is 2. The smallest absolute Gasteiger partial charge is 0.339 e. The Labute approximate surface area is 156 Å². The normalized spacial score (nSPS) is 10.6. The quantitative estimate of drug-likeness (QED) is 0.762. The molecule has 0 bridgehead atoms. The average molecular weight is 388 g/mol. The van der Waals surface area contributed by atoms with E-state index in [1.165, 1.54) is 18.2 Å². The van der Waals surface area contributed by atoms with E-state index in [1.54, 1.807) is 24.6 Å². The van der Waals surface area contributed by atoms with Crippen LogP contribution in [0.2, 0.25) is 0 Å². The molecule has 27 heavy (non-hydrogen) atoms. The Hall–Kier alpha value is -3.45. The van der Waals surface area contributed by atoms with Crippen LogP contribution in [0.5, 0.6) is 0 Å². The van der Waals surface area contributed by atoms with Gasteiger partial charge in [0.15, 0.2) is 5.82 Å². The minimum absolute atomic E-state index is 0.0658. The van der Waals surface area contributed by atoms with Gasteiger partial charge >= 0.3 is 12.0 Å². The summed E-state index contributed by atoms with van der Waals surface area (Å²) in [6, 6.07) is 7.73. The molecule has 2 amide bonds. The van der Waals surface area contributed by atoms with Crippen LogP contribution in [0, 0.1) is 25.2 Å². The summed E-state index contributed by atoms with van der Waals surface area (Å²) in [7, 11) is -3.27. The van der Waals surface area contributed by atoms with E-state index in [-0.39, 0.29) is 16.9 Å². The molecule has 9 nitrogen and oxygen atoms in total. The number of hydrogen-bond donors (Lipinski definition) is 2. The Balaban J connectivity index is 2.32. The zero-order valence-electron chi connectivity index (χ0n) is 14.7. The van der Waals surface area contributed by atoms with E-state index in [2.05, 4.69) is 15.0 Å². The molecule has 2 aromatic rings. The van der Waals surface area contributed by atoms with Crippen molar-refractivity contribution >= 4 is 27.8 Å². The van der Waals surface area contributed by atoms with Gasteiger partial charge < -0.3 is 4.74 Å². The standard InChI is InChI=1S/C17H16N4O5S/c1-10-8-11(2)19-15(13(10)9-18)20-17(23)21-27(24,25)14-7-5-4-6-12(14)16(22)26-3/h4-8H,1-3H3,(H2,19,20,21,23). The van der Waals surface area contributed by atoms with Crippen LogP contribution in [-0.4, -0.2) is 32.5 Å². The Morgan fingerprint density at radius 1 is 1.22 bits per heavy atom. The summed E-state index contributed by atoms with van der Waals surface area (Å²) in [4.78, 5) is 27.6. The number of pyridine rings is 1. The number of hydrogen-bond acceptors (Lipinski definition) is 7. The van der Waals surface area contributed by atoms with Gasteiger partial charge in [0.25, 0.3) is 10.0 Å². The van der Waals surface area contributed by atoms with E-state index in [0.29, 0.717) is 11.3 Å². The molecule has 2 rings (SSSR count). The minimum Gasteiger partial charge on any atom is -0.465 e. The van der Waals surface area contributed by atoms with Gasteiger partial charge in [-0.15, -0.1) is 0 Å². The first-order valence-electron chi connectivity index (χ1n) is 7.59. The number of amides is 2. The number of esters is 1. The summed E-state index contributed by atoms with van der Waals surface area (Å²) in [5, 5.41) is 11.5. The number of urea groups is 1. The number of methoxy groups -OCH3 is 1. The van der Waals surface area contributed by atoms with E-state index < -0.39 is 26.9 Å². The topological polar surface area (TPSA) is 138 Å². The Morgan fingerprint density at radius 2 is 1.89 bits per heavy atom. The molecule has 0 spiro atoms. The highest BCUT2D eigenvalue weighted by molar-refractivity contribution is 7.90. The van der Waals surface area contributed by atoms with E-state index >= 15 is 0 Å². The highest BCUT2D eigenvalue weighted by Crippen LogP contribution is 2.19. The summed E-state index contributed by atoms with van der Waals surface area (Å²) >= 11 is 0. The second-order valence-electron chi connectivity index (χ2n) is 5.46. The van der Waals surface area contributed by atoms with Crippen LogP contribution >= 0.6 is 0 Å². The van der Waals surface area contributed by atoms with Gasteiger partial charge in [-0.25, -0.2) is 27.7 Å². The minimum atomic E-state index is -4.38. The average Bonchev–Trinajstić information content (AvgIpc) is 2.60. The van der Waals surface area contributed by atoms with Gasteiger partial charge in [-0.05, 0) is 37.6 Å². The molecule has 0 radical (unpaired) electrons. The van der Waals surface area contributed by atoms with Crippen molar-refractivity contribution in [2.45, 2.75) is 18.7 Å². The molecular formula is C17H16N4O5S.